The largest absolute Gasteiger partial charge is 0.466 e. The molecule has 3 nitrogen and oxygen atoms in total. The molecule has 0 aliphatic rings. The van der Waals surface area contributed by atoms with Crippen LogP contribution in [-0.4, -0.2) is 12.6 Å². The molecular formula is C12H9F3INO2. The number of carbonyl (C=O) groups excluding carboxylic acids is 1. The van der Waals surface area contributed by atoms with Crippen LogP contribution in [0.25, 0.3) is 0 Å². The zero-order valence-corrected chi connectivity index (χ0v) is 12.0. The molecule has 0 atom stereocenters. The molecule has 0 radical (unpaired) electrons. The van der Waals surface area contributed by atoms with Gasteiger partial charge in [-0.05, 0) is 47.2 Å². The quantitative estimate of drug-likeness (QED) is 0.595. The summed E-state index contributed by atoms with van der Waals surface area (Å²) in [5, 5.41) is 8.80. The molecule has 1 aromatic rings. The van der Waals surface area contributed by atoms with Gasteiger partial charge in [0.1, 0.15) is 0 Å². The molecule has 0 unspecified atom stereocenters. The lowest BCUT2D eigenvalue weighted by Crippen LogP contribution is -2.13. The van der Waals surface area contributed by atoms with Crippen molar-refractivity contribution in [3.63, 3.8) is 0 Å². The Kier molecular flexibility index (Phi) is 5.17. The second-order valence-electron chi connectivity index (χ2n) is 3.59. The number of esters is 1. The van der Waals surface area contributed by atoms with Gasteiger partial charge < -0.3 is 4.74 Å². The topological polar surface area (TPSA) is 50.1 Å². The van der Waals surface area contributed by atoms with Gasteiger partial charge in [0.2, 0.25) is 0 Å². The minimum atomic E-state index is -4.59. The van der Waals surface area contributed by atoms with Gasteiger partial charge in [-0.3, -0.25) is 4.79 Å². The number of nitriles is 1. The van der Waals surface area contributed by atoms with Crippen LogP contribution in [0.3, 0.4) is 0 Å². The Morgan fingerprint density at radius 1 is 1.47 bits per heavy atom. The highest BCUT2D eigenvalue weighted by atomic mass is 127. The van der Waals surface area contributed by atoms with Crippen molar-refractivity contribution in [1.29, 1.82) is 5.26 Å². The highest BCUT2D eigenvalue weighted by molar-refractivity contribution is 14.1. The molecule has 0 amide bonds. The van der Waals surface area contributed by atoms with E-state index in [2.05, 4.69) is 0 Å². The number of benzene rings is 1. The van der Waals surface area contributed by atoms with Gasteiger partial charge in [0.25, 0.3) is 0 Å². The molecule has 1 aromatic carbocycles. The third kappa shape index (κ3) is 4.09. The number of ether oxygens (including phenoxy) is 1. The first-order chi connectivity index (χ1) is 8.79. The highest BCUT2D eigenvalue weighted by Crippen LogP contribution is 2.36. The monoisotopic (exact) mass is 383 g/mol. The number of hydrogen-bond acceptors (Lipinski definition) is 3. The number of alkyl halides is 3. The van der Waals surface area contributed by atoms with E-state index in [-0.39, 0.29) is 16.6 Å². The molecule has 0 fully saturated rings. The van der Waals surface area contributed by atoms with Gasteiger partial charge in [0.15, 0.2) is 0 Å². The zero-order chi connectivity index (χ0) is 14.6. The van der Waals surface area contributed by atoms with Crippen LogP contribution in [-0.2, 0) is 22.1 Å². The molecule has 0 aliphatic carbocycles. The predicted octanol–water partition coefficient (Wildman–Crippen LogP) is 3.29. The van der Waals surface area contributed by atoms with Gasteiger partial charge >= 0.3 is 12.1 Å². The van der Waals surface area contributed by atoms with Crippen molar-refractivity contribution in [2.45, 2.75) is 19.5 Å². The molecule has 1 rings (SSSR count). The lowest BCUT2D eigenvalue weighted by Gasteiger charge is -2.12. The molecule has 0 heterocycles. The average molecular weight is 383 g/mol. The summed E-state index contributed by atoms with van der Waals surface area (Å²) in [6.07, 6.45) is -4.75. The molecule has 7 heteroatoms. The maximum Gasteiger partial charge on any atom is 0.418 e. The summed E-state index contributed by atoms with van der Waals surface area (Å²) >= 11 is 1.51. The molecule has 0 saturated carbocycles. The molecule has 0 aromatic heterocycles. The Hall–Kier alpha value is -1.30. The minimum absolute atomic E-state index is 0.108. The predicted molar refractivity (Wildman–Crippen MR) is 69.2 cm³/mol. The minimum Gasteiger partial charge on any atom is -0.466 e. The highest BCUT2D eigenvalue weighted by Gasteiger charge is 2.36. The fourth-order valence-electron chi connectivity index (χ4n) is 1.52. The Balaban J connectivity index is 3.18. The van der Waals surface area contributed by atoms with E-state index in [4.69, 9.17) is 10.00 Å². The number of carbonyl (C=O) groups is 1. The van der Waals surface area contributed by atoms with E-state index in [9.17, 15) is 18.0 Å². The van der Waals surface area contributed by atoms with Crippen LogP contribution in [0.4, 0.5) is 13.2 Å². The third-order valence-corrected chi connectivity index (χ3v) is 3.06. The maximum absolute atomic E-state index is 12.8. The van der Waals surface area contributed by atoms with Crippen LogP contribution in [0.5, 0.6) is 0 Å². The van der Waals surface area contributed by atoms with Crippen molar-refractivity contribution >= 4 is 28.6 Å². The summed E-state index contributed by atoms with van der Waals surface area (Å²) in [6.45, 7) is 1.83. The number of hydrogen-bond donors (Lipinski definition) is 0. The van der Waals surface area contributed by atoms with Crippen molar-refractivity contribution in [2.75, 3.05) is 6.61 Å². The van der Waals surface area contributed by atoms with E-state index in [0.717, 1.165) is 6.07 Å². The molecule has 0 aliphatic heterocycles. The average Bonchev–Trinajstić information content (AvgIpc) is 2.26. The van der Waals surface area contributed by atoms with E-state index in [1.165, 1.54) is 34.7 Å². The fourth-order valence-corrected chi connectivity index (χ4v) is 2.52. The Bertz CT molecular complexity index is 535. The van der Waals surface area contributed by atoms with Crippen molar-refractivity contribution in [3.8, 4) is 6.07 Å². The van der Waals surface area contributed by atoms with Crippen LogP contribution >= 0.6 is 22.6 Å². The summed E-state index contributed by atoms with van der Waals surface area (Å²) < 4.78 is 42.9. The number of halogens is 4. The van der Waals surface area contributed by atoms with Crippen LogP contribution in [0.15, 0.2) is 12.1 Å². The van der Waals surface area contributed by atoms with Gasteiger partial charge in [-0.25, -0.2) is 0 Å². The lowest BCUT2D eigenvalue weighted by molar-refractivity contribution is -0.142. The summed E-state index contributed by atoms with van der Waals surface area (Å²) in [5.41, 5.74) is -1.13. The standard InChI is InChI=1S/C12H9F3INO2/c1-2-19-10(18)5-7-3-8(6-17)11(9(16)4-7)12(13,14)15/h3-4H,2,5H2,1H3. The second-order valence-corrected chi connectivity index (χ2v) is 4.75. The molecule has 19 heavy (non-hydrogen) atoms. The Morgan fingerprint density at radius 2 is 2.11 bits per heavy atom. The third-order valence-electron chi connectivity index (χ3n) is 2.21. The van der Waals surface area contributed by atoms with Gasteiger partial charge in [0.05, 0.1) is 30.2 Å². The van der Waals surface area contributed by atoms with Crippen LogP contribution < -0.4 is 0 Å². The van der Waals surface area contributed by atoms with E-state index >= 15 is 0 Å². The van der Waals surface area contributed by atoms with Crippen molar-refractivity contribution < 1.29 is 22.7 Å². The summed E-state index contributed by atoms with van der Waals surface area (Å²) in [6, 6.07) is 3.82. The van der Waals surface area contributed by atoms with E-state index in [0.29, 0.717) is 5.56 Å². The normalized spacial score (nSPS) is 10.9. The van der Waals surface area contributed by atoms with Crippen LogP contribution in [0.1, 0.15) is 23.6 Å². The summed E-state index contributed by atoms with van der Waals surface area (Å²) in [4.78, 5) is 11.3. The van der Waals surface area contributed by atoms with Crippen LogP contribution in [0, 0.1) is 14.9 Å². The maximum atomic E-state index is 12.8. The van der Waals surface area contributed by atoms with E-state index in [1.54, 1.807) is 6.92 Å². The first-order valence-corrected chi connectivity index (χ1v) is 6.32. The van der Waals surface area contributed by atoms with E-state index in [1.807, 2.05) is 0 Å². The molecule has 0 bridgehead atoms. The smallest absolute Gasteiger partial charge is 0.418 e. The number of nitrogens with zero attached hydrogens (tertiary/aromatic N) is 1. The summed E-state index contributed by atoms with van der Waals surface area (Å²) in [7, 11) is 0. The SMILES string of the molecule is CCOC(=O)Cc1cc(I)c(C(F)(F)F)c(C#N)c1. The molecule has 0 spiro atoms. The Labute approximate surface area is 121 Å². The van der Waals surface area contributed by atoms with Gasteiger partial charge in [-0.15, -0.1) is 0 Å². The van der Waals surface area contributed by atoms with Crippen molar-refractivity contribution in [3.05, 3.63) is 32.4 Å². The fraction of sp³-hybridized carbons (Fsp3) is 0.333. The first kappa shape index (κ1) is 15.8. The molecule has 0 N–H and O–H groups in total. The zero-order valence-electron chi connectivity index (χ0n) is 9.84. The van der Waals surface area contributed by atoms with Crippen LogP contribution in [0.2, 0.25) is 0 Å². The van der Waals surface area contributed by atoms with E-state index < -0.39 is 23.3 Å². The molecular weight excluding hydrogens is 374 g/mol. The summed E-state index contributed by atoms with van der Waals surface area (Å²) in [5.74, 6) is -0.540. The van der Waals surface area contributed by atoms with Gasteiger partial charge in [0, 0.05) is 3.57 Å². The Morgan fingerprint density at radius 3 is 2.58 bits per heavy atom. The van der Waals surface area contributed by atoms with Gasteiger partial charge in [-0.2, -0.15) is 18.4 Å². The molecule has 0 saturated heterocycles. The van der Waals surface area contributed by atoms with Crippen molar-refractivity contribution in [2.24, 2.45) is 0 Å². The van der Waals surface area contributed by atoms with Crippen molar-refractivity contribution in [1.82, 2.24) is 0 Å². The number of rotatable bonds is 3. The first-order valence-electron chi connectivity index (χ1n) is 5.25. The second kappa shape index (κ2) is 6.23. The van der Waals surface area contributed by atoms with Gasteiger partial charge in [-0.1, -0.05) is 0 Å². The molecule has 102 valence electrons. The lowest BCUT2D eigenvalue weighted by atomic mass is 10.0.